The first-order chi connectivity index (χ1) is 16.4. The predicted octanol–water partition coefficient (Wildman–Crippen LogP) is 0.809. The van der Waals surface area contributed by atoms with Gasteiger partial charge in [-0.25, -0.2) is 0 Å². The Labute approximate surface area is 201 Å². The molecule has 0 spiro atoms. The fourth-order valence-corrected chi connectivity index (χ4v) is 4.75. The van der Waals surface area contributed by atoms with Gasteiger partial charge in [0, 0.05) is 57.4 Å². The second-order valence-electron chi connectivity index (χ2n) is 9.38. The van der Waals surface area contributed by atoms with Crippen LogP contribution in [0.25, 0.3) is 0 Å². The quantitative estimate of drug-likeness (QED) is 0.468. The maximum Gasteiger partial charge on any atom is 0.249 e. The number of imide groups is 1. The van der Waals surface area contributed by atoms with Crippen molar-refractivity contribution in [2.75, 3.05) is 57.8 Å². The molecular weight excluding hydrogens is 434 g/mol. The van der Waals surface area contributed by atoms with Crippen molar-refractivity contribution in [3.05, 3.63) is 29.3 Å². The van der Waals surface area contributed by atoms with Gasteiger partial charge in [0.05, 0.1) is 0 Å². The Morgan fingerprint density at radius 1 is 1.06 bits per heavy atom. The maximum absolute atomic E-state index is 11.1. The number of amides is 3. The molecular formula is C25H37N5O4. The Bertz CT molecular complexity index is 863. The Balaban J connectivity index is 0.000000229. The first-order valence-electron chi connectivity index (χ1n) is 12.2. The summed E-state index contributed by atoms with van der Waals surface area (Å²) in [7, 11) is 1.52. The van der Waals surface area contributed by atoms with Crippen LogP contribution in [0.5, 0.6) is 0 Å². The van der Waals surface area contributed by atoms with E-state index in [1.54, 1.807) is 0 Å². The van der Waals surface area contributed by atoms with Crippen molar-refractivity contribution in [2.24, 2.45) is 5.92 Å². The van der Waals surface area contributed by atoms with Crippen LogP contribution >= 0.6 is 0 Å². The van der Waals surface area contributed by atoms with Crippen molar-refractivity contribution < 1.29 is 19.2 Å². The summed E-state index contributed by atoms with van der Waals surface area (Å²) in [6.07, 6.45) is 4.89. The first kappa shape index (κ1) is 25.8. The van der Waals surface area contributed by atoms with Gasteiger partial charge in [-0.2, -0.15) is 0 Å². The lowest BCUT2D eigenvalue weighted by Gasteiger charge is -2.38. The van der Waals surface area contributed by atoms with E-state index in [1.807, 2.05) is 13.0 Å². The largest absolute Gasteiger partial charge is 0.369 e. The number of anilines is 1. The summed E-state index contributed by atoms with van der Waals surface area (Å²) in [5.74, 6) is 0.221. The number of carbonyl (C=O) groups excluding carboxylic acids is 4. The minimum atomic E-state index is -0.486. The lowest BCUT2D eigenvalue weighted by Crippen LogP contribution is -2.50. The van der Waals surface area contributed by atoms with Gasteiger partial charge in [0.15, 0.2) is 0 Å². The number of nitrogens with zero attached hydrogens (tertiary/aromatic N) is 3. The molecule has 0 bridgehead atoms. The van der Waals surface area contributed by atoms with Crippen molar-refractivity contribution in [2.45, 2.75) is 38.6 Å². The Morgan fingerprint density at radius 2 is 1.76 bits per heavy atom. The fourth-order valence-electron chi connectivity index (χ4n) is 4.75. The van der Waals surface area contributed by atoms with Gasteiger partial charge < -0.3 is 15.1 Å². The van der Waals surface area contributed by atoms with Gasteiger partial charge in [0.2, 0.25) is 18.2 Å². The summed E-state index contributed by atoms with van der Waals surface area (Å²) in [6.45, 7) is 10.1. The van der Waals surface area contributed by atoms with Crippen LogP contribution in [-0.4, -0.2) is 93.2 Å². The van der Waals surface area contributed by atoms with E-state index in [0.29, 0.717) is 19.3 Å². The van der Waals surface area contributed by atoms with Crippen LogP contribution < -0.4 is 15.5 Å². The molecule has 3 heterocycles. The highest BCUT2D eigenvalue weighted by molar-refractivity contribution is 6.00. The summed E-state index contributed by atoms with van der Waals surface area (Å²) < 4.78 is 0. The molecule has 0 radical (unpaired) electrons. The van der Waals surface area contributed by atoms with Crippen molar-refractivity contribution in [1.82, 2.24) is 20.4 Å². The van der Waals surface area contributed by atoms with E-state index in [4.69, 9.17) is 0 Å². The summed E-state index contributed by atoms with van der Waals surface area (Å²) >= 11 is 0. The van der Waals surface area contributed by atoms with Gasteiger partial charge in [-0.15, -0.1) is 0 Å². The second-order valence-corrected chi connectivity index (χ2v) is 9.38. The van der Waals surface area contributed by atoms with E-state index in [-0.39, 0.29) is 11.8 Å². The number of aryl methyl sites for hydroxylation is 1. The normalized spacial score (nSPS) is 21.8. The number of hydrogen-bond acceptors (Lipinski definition) is 7. The number of benzene rings is 1. The third-order valence-corrected chi connectivity index (χ3v) is 6.96. The highest BCUT2D eigenvalue weighted by Gasteiger charge is 2.29. The fraction of sp³-hybridized carbons (Fsp3) is 0.600. The summed E-state index contributed by atoms with van der Waals surface area (Å²) in [4.78, 5) is 49.3. The van der Waals surface area contributed by atoms with Crippen molar-refractivity contribution in [3.63, 3.8) is 0 Å². The van der Waals surface area contributed by atoms with Crippen molar-refractivity contribution >= 4 is 30.2 Å². The van der Waals surface area contributed by atoms with Crippen LogP contribution in [0.1, 0.15) is 41.6 Å². The lowest BCUT2D eigenvalue weighted by molar-refractivity contribution is -0.140. The Hall–Kier alpha value is -2.78. The number of rotatable bonds is 6. The first-order valence-corrected chi connectivity index (χ1v) is 12.2. The number of piperazine rings is 1. The van der Waals surface area contributed by atoms with Crippen LogP contribution in [0, 0.1) is 12.8 Å². The van der Waals surface area contributed by atoms with E-state index in [0.717, 1.165) is 49.5 Å². The molecule has 3 aliphatic rings. The minimum absolute atomic E-state index is 0.268. The third kappa shape index (κ3) is 7.11. The molecule has 9 heteroatoms. The molecule has 1 aromatic carbocycles. The number of likely N-dealkylation sites (N-methyl/N-ethyl adjacent to an activating group) is 1. The topological polar surface area (TPSA) is 102 Å². The van der Waals surface area contributed by atoms with E-state index >= 15 is 0 Å². The van der Waals surface area contributed by atoms with E-state index < -0.39 is 6.04 Å². The van der Waals surface area contributed by atoms with Gasteiger partial charge in [-0.1, -0.05) is 0 Å². The Kier molecular flexibility index (Phi) is 9.59. The average Bonchev–Trinajstić information content (AvgIpc) is 2.85. The number of nitrogens with one attached hydrogen (secondary N) is 2. The summed E-state index contributed by atoms with van der Waals surface area (Å²) in [6, 6.07) is 5.69. The molecule has 9 nitrogen and oxygen atoms in total. The Morgan fingerprint density at radius 3 is 2.35 bits per heavy atom. The van der Waals surface area contributed by atoms with Crippen molar-refractivity contribution in [3.8, 4) is 0 Å². The molecule has 2 N–H and O–H groups in total. The molecule has 0 aliphatic carbocycles. The molecule has 1 aromatic rings. The molecule has 0 saturated carbocycles. The SMILES string of the molecule is CN(C=O)C1CCC(=O)NC1=O.Cc1cc(N2CCN(CC3CCNCC3)CC2)ccc1C=O. The molecule has 186 valence electrons. The summed E-state index contributed by atoms with van der Waals surface area (Å²) in [5.41, 5.74) is 3.13. The van der Waals surface area contributed by atoms with E-state index in [1.165, 1.54) is 50.1 Å². The molecule has 34 heavy (non-hydrogen) atoms. The number of carbonyl (C=O) groups is 4. The van der Waals surface area contributed by atoms with Gasteiger partial charge in [0.1, 0.15) is 12.3 Å². The van der Waals surface area contributed by atoms with Crippen molar-refractivity contribution in [1.29, 1.82) is 0 Å². The molecule has 1 unspecified atom stereocenters. The number of hydrogen-bond donors (Lipinski definition) is 2. The van der Waals surface area contributed by atoms with Crippen LogP contribution in [0.15, 0.2) is 18.2 Å². The molecule has 3 aliphatic heterocycles. The van der Waals surface area contributed by atoms with Crippen LogP contribution in [0.2, 0.25) is 0 Å². The summed E-state index contributed by atoms with van der Waals surface area (Å²) in [5, 5.41) is 5.61. The predicted molar refractivity (Wildman–Crippen MR) is 131 cm³/mol. The van der Waals surface area contributed by atoms with Gasteiger partial charge in [-0.3, -0.25) is 29.4 Å². The molecule has 3 fully saturated rings. The molecule has 1 atom stereocenters. The number of aldehydes is 1. The van der Waals surface area contributed by atoms with E-state index in [9.17, 15) is 19.2 Å². The van der Waals surface area contributed by atoms with Gasteiger partial charge >= 0.3 is 0 Å². The molecule has 3 amide bonds. The zero-order valence-electron chi connectivity index (χ0n) is 20.3. The lowest BCUT2D eigenvalue weighted by atomic mass is 9.97. The molecule has 3 saturated heterocycles. The van der Waals surface area contributed by atoms with Crippen LogP contribution in [-0.2, 0) is 14.4 Å². The molecule has 0 aromatic heterocycles. The highest BCUT2D eigenvalue weighted by Crippen LogP contribution is 2.21. The molecule has 4 rings (SSSR count). The van der Waals surface area contributed by atoms with Gasteiger partial charge in [-0.05, 0) is 69.0 Å². The zero-order chi connectivity index (χ0) is 24.5. The van der Waals surface area contributed by atoms with E-state index in [2.05, 4.69) is 32.6 Å². The average molecular weight is 472 g/mol. The highest BCUT2D eigenvalue weighted by atomic mass is 16.2. The minimum Gasteiger partial charge on any atom is -0.369 e. The van der Waals surface area contributed by atoms with Crippen LogP contribution in [0.3, 0.4) is 0 Å². The van der Waals surface area contributed by atoms with Crippen LogP contribution in [0.4, 0.5) is 5.69 Å². The second kappa shape index (κ2) is 12.6. The maximum atomic E-state index is 11.1. The number of piperidine rings is 2. The third-order valence-electron chi connectivity index (χ3n) is 6.96. The monoisotopic (exact) mass is 471 g/mol. The standard InChI is InChI=1S/C18H27N3O.C7H10N2O3/c1-15-12-18(3-2-17(15)14-22)21-10-8-20(9-11-21)13-16-4-6-19-7-5-16;1-9(4-10)5-2-3-6(11)8-7(5)12/h2-3,12,14,16,19H,4-11,13H2,1H3;4-5H,2-3H2,1H3,(H,8,11,12). The zero-order valence-corrected chi connectivity index (χ0v) is 20.3. The van der Waals surface area contributed by atoms with Gasteiger partial charge in [0.25, 0.3) is 0 Å². The smallest absolute Gasteiger partial charge is 0.249 e.